The fourth-order valence-electron chi connectivity index (χ4n) is 2.81. The van der Waals surface area contributed by atoms with Crippen LogP contribution in [0.15, 0.2) is 34.8 Å². The normalized spacial score (nSPS) is 16.5. The standard InChI is InChI=1S/C15H17N3O2S/c1-11-10-13(18(19)20)6-7-14(11)16-15-17(8-9-21-15)12-4-2-3-5-12/h6-10,12H,2-5H2,1H3. The first-order valence-corrected chi connectivity index (χ1v) is 7.98. The lowest BCUT2D eigenvalue weighted by molar-refractivity contribution is -0.384. The monoisotopic (exact) mass is 303 g/mol. The molecule has 0 atom stereocenters. The lowest BCUT2D eigenvalue weighted by atomic mass is 10.2. The van der Waals surface area contributed by atoms with Crippen LogP contribution in [0.2, 0.25) is 0 Å². The molecule has 3 rings (SSSR count). The van der Waals surface area contributed by atoms with Crippen LogP contribution in [0.3, 0.4) is 0 Å². The molecule has 0 unspecified atom stereocenters. The number of aromatic nitrogens is 1. The van der Waals surface area contributed by atoms with E-state index in [0.29, 0.717) is 6.04 Å². The van der Waals surface area contributed by atoms with Gasteiger partial charge in [0.05, 0.1) is 10.6 Å². The van der Waals surface area contributed by atoms with E-state index < -0.39 is 0 Å². The number of thiazole rings is 1. The summed E-state index contributed by atoms with van der Waals surface area (Å²) in [6.45, 7) is 1.86. The fourth-order valence-corrected chi connectivity index (χ4v) is 3.60. The van der Waals surface area contributed by atoms with Gasteiger partial charge in [0.2, 0.25) is 0 Å². The maximum absolute atomic E-state index is 10.8. The molecule has 0 spiro atoms. The van der Waals surface area contributed by atoms with Crippen molar-refractivity contribution in [1.82, 2.24) is 4.57 Å². The van der Waals surface area contributed by atoms with E-state index in [1.807, 2.05) is 6.92 Å². The number of hydrogen-bond acceptors (Lipinski definition) is 4. The summed E-state index contributed by atoms with van der Waals surface area (Å²) in [6, 6.07) is 5.37. The second-order valence-corrected chi connectivity index (χ2v) is 6.24. The summed E-state index contributed by atoms with van der Waals surface area (Å²) < 4.78 is 2.25. The van der Waals surface area contributed by atoms with Gasteiger partial charge in [0.1, 0.15) is 0 Å². The zero-order valence-electron chi connectivity index (χ0n) is 11.9. The van der Waals surface area contributed by atoms with Crippen molar-refractivity contribution in [2.45, 2.75) is 38.6 Å². The minimum absolute atomic E-state index is 0.112. The van der Waals surface area contributed by atoms with Gasteiger partial charge < -0.3 is 4.57 Å². The second-order valence-electron chi connectivity index (χ2n) is 5.37. The molecule has 2 aromatic rings. The molecule has 0 bridgehead atoms. The predicted molar refractivity (Wildman–Crippen MR) is 82.9 cm³/mol. The lowest BCUT2D eigenvalue weighted by Gasteiger charge is -2.10. The third-order valence-electron chi connectivity index (χ3n) is 3.94. The number of hydrogen-bond donors (Lipinski definition) is 0. The highest BCUT2D eigenvalue weighted by Crippen LogP contribution is 2.29. The predicted octanol–water partition coefficient (Wildman–Crippen LogP) is 4.11. The Kier molecular flexibility index (Phi) is 3.88. The van der Waals surface area contributed by atoms with Crippen LogP contribution < -0.4 is 4.80 Å². The van der Waals surface area contributed by atoms with E-state index in [0.717, 1.165) is 16.1 Å². The molecule has 1 aromatic heterocycles. The Labute approximate surface area is 126 Å². The number of non-ortho nitro benzene ring substituents is 1. The van der Waals surface area contributed by atoms with Crippen LogP contribution in [0.25, 0.3) is 0 Å². The minimum atomic E-state index is -0.374. The minimum Gasteiger partial charge on any atom is -0.321 e. The molecule has 0 amide bonds. The van der Waals surface area contributed by atoms with Gasteiger partial charge in [-0.15, -0.1) is 11.3 Å². The van der Waals surface area contributed by atoms with E-state index in [1.54, 1.807) is 23.5 Å². The number of aryl methyl sites for hydroxylation is 1. The number of nitro groups is 1. The zero-order valence-corrected chi connectivity index (χ0v) is 12.7. The van der Waals surface area contributed by atoms with Gasteiger partial charge in [-0.25, -0.2) is 4.99 Å². The molecule has 1 fully saturated rings. The topological polar surface area (TPSA) is 60.4 Å². The molecule has 1 aromatic carbocycles. The summed E-state index contributed by atoms with van der Waals surface area (Å²) in [5.74, 6) is 0. The van der Waals surface area contributed by atoms with Crippen molar-refractivity contribution in [3.63, 3.8) is 0 Å². The highest BCUT2D eigenvalue weighted by molar-refractivity contribution is 7.07. The first-order chi connectivity index (χ1) is 10.1. The van der Waals surface area contributed by atoms with Crippen molar-refractivity contribution in [2.24, 2.45) is 4.99 Å². The van der Waals surface area contributed by atoms with Crippen LogP contribution >= 0.6 is 11.3 Å². The molecule has 21 heavy (non-hydrogen) atoms. The number of benzene rings is 1. The lowest BCUT2D eigenvalue weighted by Crippen LogP contribution is -2.17. The van der Waals surface area contributed by atoms with Gasteiger partial charge in [0, 0.05) is 29.8 Å². The van der Waals surface area contributed by atoms with Crippen molar-refractivity contribution in [3.05, 3.63) is 50.3 Å². The molecule has 5 nitrogen and oxygen atoms in total. The SMILES string of the molecule is Cc1cc([N+](=O)[O-])ccc1N=c1sccn1C1CCCC1. The third-order valence-corrected chi connectivity index (χ3v) is 4.71. The number of nitrogens with zero attached hydrogens (tertiary/aromatic N) is 3. The molecule has 1 aliphatic carbocycles. The quantitative estimate of drug-likeness (QED) is 0.632. The van der Waals surface area contributed by atoms with Gasteiger partial charge in [0.25, 0.3) is 5.69 Å². The first-order valence-electron chi connectivity index (χ1n) is 7.10. The highest BCUT2D eigenvalue weighted by atomic mass is 32.1. The van der Waals surface area contributed by atoms with Crippen molar-refractivity contribution in [1.29, 1.82) is 0 Å². The molecule has 0 saturated heterocycles. The summed E-state index contributed by atoms with van der Waals surface area (Å²) in [5.41, 5.74) is 1.74. The highest BCUT2D eigenvalue weighted by Gasteiger charge is 2.17. The molecule has 6 heteroatoms. The van der Waals surface area contributed by atoms with Gasteiger partial charge >= 0.3 is 0 Å². The summed E-state index contributed by atoms with van der Waals surface area (Å²) in [6.07, 6.45) is 7.08. The van der Waals surface area contributed by atoms with Crippen molar-refractivity contribution in [2.75, 3.05) is 0 Å². The Morgan fingerprint density at radius 2 is 2.14 bits per heavy atom. The molecule has 1 aliphatic rings. The third kappa shape index (κ3) is 2.90. The molecule has 1 heterocycles. The average molecular weight is 303 g/mol. The van der Waals surface area contributed by atoms with Crippen LogP contribution in [0.5, 0.6) is 0 Å². The van der Waals surface area contributed by atoms with Crippen LogP contribution in [0.4, 0.5) is 11.4 Å². The summed E-state index contributed by atoms with van der Waals surface area (Å²) in [4.78, 5) is 16.1. The maximum Gasteiger partial charge on any atom is 0.269 e. The van der Waals surface area contributed by atoms with Crippen molar-refractivity contribution < 1.29 is 4.92 Å². The second kappa shape index (κ2) is 5.81. The Bertz CT molecular complexity index is 727. The summed E-state index contributed by atoms with van der Waals surface area (Å²) in [5, 5.41) is 12.8. The van der Waals surface area contributed by atoms with Gasteiger partial charge in [-0.3, -0.25) is 10.1 Å². The molecule has 0 aliphatic heterocycles. The smallest absolute Gasteiger partial charge is 0.269 e. The Morgan fingerprint density at radius 1 is 1.38 bits per heavy atom. The van der Waals surface area contributed by atoms with Crippen LogP contribution in [-0.2, 0) is 0 Å². The average Bonchev–Trinajstić information content (AvgIpc) is 3.11. The number of rotatable bonds is 3. The van der Waals surface area contributed by atoms with Crippen LogP contribution in [0, 0.1) is 17.0 Å². The number of nitro benzene ring substituents is 1. The Balaban J connectivity index is 1.99. The van der Waals surface area contributed by atoms with Gasteiger partial charge in [-0.1, -0.05) is 12.8 Å². The zero-order chi connectivity index (χ0) is 14.8. The molecule has 110 valence electrons. The van der Waals surface area contributed by atoms with E-state index in [-0.39, 0.29) is 10.6 Å². The van der Waals surface area contributed by atoms with Gasteiger partial charge in [-0.2, -0.15) is 0 Å². The van der Waals surface area contributed by atoms with E-state index in [1.165, 1.54) is 31.7 Å². The van der Waals surface area contributed by atoms with Crippen molar-refractivity contribution >= 4 is 22.7 Å². The van der Waals surface area contributed by atoms with Crippen LogP contribution in [0.1, 0.15) is 37.3 Å². The van der Waals surface area contributed by atoms with Gasteiger partial charge in [0.15, 0.2) is 4.80 Å². The molecule has 0 N–H and O–H groups in total. The summed E-state index contributed by atoms with van der Waals surface area (Å²) in [7, 11) is 0. The Morgan fingerprint density at radius 3 is 2.81 bits per heavy atom. The maximum atomic E-state index is 10.8. The Hall–Kier alpha value is -1.95. The first kappa shape index (κ1) is 14.0. The molecule has 0 radical (unpaired) electrons. The van der Waals surface area contributed by atoms with Crippen LogP contribution in [-0.4, -0.2) is 9.49 Å². The van der Waals surface area contributed by atoms with E-state index in [9.17, 15) is 10.1 Å². The molecular weight excluding hydrogens is 286 g/mol. The van der Waals surface area contributed by atoms with Crippen molar-refractivity contribution in [3.8, 4) is 0 Å². The fraction of sp³-hybridized carbons (Fsp3) is 0.400. The summed E-state index contributed by atoms with van der Waals surface area (Å²) >= 11 is 1.61. The van der Waals surface area contributed by atoms with E-state index in [4.69, 9.17) is 4.99 Å². The van der Waals surface area contributed by atoms with Gasteiger partial charge in [-0.05, 0) is 31.4 Å². The van der Waals surface area contributed by atoms with E-state index in [2.05, 4.69) is 16.1 Å². The molecule has 1 saturated carbocycles. The largest absolute Gasteiger partial charge is 0.321 e. The van der Waals surface area contributed by atoms with E-state index >= 15 is 0 Å². The molecular formula is C15H17N3O2S.